The van der Waals surface area contributed by atoms with Crippen molar-refractivity contribution in [1.82, 2.24) is 4.57 Å². The zero-order valence-corrected chi connectivity index (χ0v) is 10.2. The van der Waals surface area contributed by atoms with E-state index in [-0.39, 0.29) is 21.7 Å². The van der Waals surface area contributed by atoms with Crippen LogP contribution in [0, 0.1) is 0 Å². The van der Waals surface area contributed by atoms with Gasteiger partial charge in [0.25, 0.3) is 0 Å². The van der Waals surface area contributed by atoms with Crippen molar-refractivity contribution in [2.24, 2.45) is 0 Å². The molecule has 0 saturated carbocycles. The van der Waals surface area contributed by atoms with Gasteiger partial charge in [0.2, 0.25) is 5.43 Å². The van der Waals surface area contributed by atoms with Gasteiger partial charge in [0, 0.05) is 12.7 Å². The Labute approximate surface area is 107 Å². The minimum atomic E-state index is -1.29. The zero-order chi connectivity index (χ0) is 13.4. The number of fused-ring (bicyclic) bond motifs is 1. The van der Waals surface area contributed by atoms with Crippen LogP contribution in [-0.2, 0) is 6.54 Å². The number of hydrogen-bond donors (Lipinski definition) is 2. The highest BCUT2D eigenvalue weighted by atomic mass is 35.5. The van der Waals surface area contributed by atoms with Crippen LogP contribution in [0.15, 0.2) is 23.1 Å². The molecule has 1 aromatic carbocycles. The number of aromatic nitrogens is 1. The second-order valence-electron chi connectivity index (χ2n) is 3.78. The highest BCUT2D eigenvalue weighted by molar-refractivity contribution is 6.32. The fourth-order valence-corrected chi connectivity index (χ4v) is 1.97. The Bertz CT molecular complexity index is 705. The minimum absolute atomic E-state index is 0.118. The summed E-state index contributed by atoms with van der Waals surface area (Å²) in [5, 5.41) is 18.7. The predicted molar refractivity (Wildman–Crippen MR) is 67.5 cm³/mol. The van der Waals surface area contributed by atoms with Crippen LogP contribution < -0.4 is 5.43 Å². The van der Waals surface area contributed by atoms with Crippen molar-refractivity contribution < 1.29 is 15.0 Å². The van der Waals surface area contributed by atoms with Crippen LogP contribution in [0.2, 0.25) is 5.02 Å². The van der Waals surface area contributed by atoms with Crippen LogP contribution in [0.1, 0.15) is 17.3 Å². The number of aryl methyl sites for hydroxylation is 1. The molecular formula is C12H10ClNO4. The molecule has 18 heavy (non-hydrogen) atoms. The van der Waals surface area contributed by atoms with Crippen molar-refractivity contribution in [2.45, 2.75) is 13.5 Å². The number of rotatable bonds is 2. The summed E-state index contributed by atoms with van der Waals surface area (Å²) in [6.07, 6.45) is 1.28. The number of aromatic carboxylic acids is 1. The number of phenolic OH excluding ortho intramolecular Hbond substituents is 1. The lowest BCUT2D eigenvalue weighted by Gasteiger charge is -2.10. The summed E-state index contributed by atoms with van der Waals surface area (Å²) in [4.78, 5) is 22.9. The van der Waals surface area contributed by atoms with E-state index in [1.54, 1.807) is 4.57 Å². The second kappa shape index (κ2) is 4.34. The molecule has 1 heterocycles. The summed E-state index contributed by atoms with van der Waals surface area (Å²) in [6.45, 7) is 2.30. The van der Waals surface area contributed by atoms with Gasteiger partial charge in [0.1, 0.15) is 11.3 Å². The maximum atomic E-state index is 12.0. The number of aromatic hydroxyl groups is 1. The average Bonchev–Trinajstić information content (AvgIpc) is 2.32. The number of nitrogens with zero attached hydrogens (tertiary/aromatic N) is 1. The van der Waals surface area contributed by atoms with E-state index in [1.807, 2.05) is 6.92 Å². The van der Waals surface area contributed by atoms with Crippen LogP contribution in [0.3, 0.4) is 0 Å². The van der Waals surface area contributed by atoms with Crippen molar-refractivity contribution >= 4 is 28.5 Å². The lowest BCUT2D eigenvalue weighted by molar-refractivity contribution is 0.0695. The molecule has 0 radical (unpaired) electrons. The van der Waals surface area contributed by atoms with Gasteiger partial charge >= 0.3 is 5.97 Å². The summed E-state index contributed by atoms with van der Waals surface area (Å²) in [6, 6.07) is 2.64. The first-order valence-corrected chi connectivity index (χ1v) is 5.62. The summed E-state index contributed by atoms with van der Waals surface area (Å²) in [5.41, 5.74) is -0.462. The van der Waals surface area contributed by atoms with Crippen molar-refractivity contribution in [1.29, 1.82) is 0 Å². The van der Waals surface area contributed by atoms with Gasteiger partial charge in [0.05, 0.1) is 15.9 Å². The Balaban J connectivity index is 2.99. The number of carboxylic acids is 1. The smallest absolute Gasteiger partial charge is 0.341 e. The Morgan fingerprint density at radius 1 is 1.44 bits per heavy atom. The van der Waals surface area contributed by atoms with E-state index in [9.17, 15) is 14.7 Å². The van der Waals surface area contributed by atoms with Crippen molar-refractivity contribution in [2.75, 3.05) is 0 Å². The number of halogens is 1. The highest BCUT2D eigenvalue weighted by Gasteiger charge is 2.15. The number of carbonyl (C=O) groups is 1. The highest BCUT2D eigenvalue weighted by Crippen LogP contribution is 2.27. The van der Waals surface area contributed by atoms with E-state index in [0.29, 0.717) is 12.1 Å². The summed E-state index contributed by atoms with van der Waals surface area (Å²) in [5.74, 6) is -1.54. The summed E-state index contributed by atoms with van der Waals surface area (Å²) in [7, 11) is 0. The lowest BCUT2D eigenvalue weighted by Crippen LogP contribution is -2.18. The van der Waals surface area contributed by atoms with Gasteiger partial charge in [-0.3, -0.25) is 4.79 Å². The van der Waals surface area contributed by atoms with Crippen LogP contribution in [-0.4, -0.2) is 20.7 Å². The Morgan fingerprint density at radius 2 is 2.11 bits per heavy atom. The SMILES string of the molecule is CCn1cc(C(=O)O)c(=O)c2cc(O)c(Cl)cc21. The van der Waals surface area contributed by atoms with Crippen LogP contribution in [0.5, 0.6) is 5.75 Å². The molecule has 0 spiro atoms. The average molecular weight is 268 g/mol. The molecule has 0 amide bonds. The van der Waals surface area contributed by atoms with Gasteiger partial charge < -0.3 is 14.8 Å². The standard InChI is InChI=1S/C12H10ClNO4/c1-2-14-5-7(12(17)18)11(16)6-3-10(15)8(13)4-9(6)14/h3-5,15H,2H2,1H3,(H,17,18). The first-order chi connectivity index (χ1) is 8.45. The first kappa shape index (κ1) is 12.4. The van der Waals surface area contributed by atoms with Gasteiger partial charge in [-0.15, -0.1) is 0 Å². The molecular weight excluding hydrogens is 258 g/mol. The normalized spacial score (nSPS) is 10.8. The van der Waals surface area contributed by atoms with Gasteiger partial charge in [-0.25, -0.2) is 4.79 Å². The predicted octanol–water partition coefficient (Wildman–Crippen LogP) is 2.08. The fourth-order valence-electron chi connectivity index (χ4n) is 1.81. The third-order valence-electron chi connectivity index (χ3n) is 2.72. The van der Waals surface area contributed by atoms with Crippen LogP contribution in [0.4, 0.5) is 0 Å². The molecule has 94 valence electrons. The minimum Gasteiger partial charge on any atom is -0.506 e. The van der Waals surface area contributed by atoms with E-state index in [2.05, 4.69) is 0 Å². The van der Waals surface area contributed by atoms with Gasteiger partial charge in [0.15, 0.2) is 0 Å². The molecule has 1 aromatic heterocycles. The maximum absolute atomic E-state index is 12.0. The Morgan fingerprint density at radius 3 is 2.67 bits per heavy atom. The molecule has 0 unspecified atom stereocenters. The van der Waals surface area contributed by atoms with Gasteiger partial charge in [-0.2, -0.15) is 0 Å². The molecule has 0 aliphatic carbocycles. The zero-order valence-electron chi connectivity index (χ0n) is 9.48. The van der Waals surface area contributed by atoms with E-state index >= 15 is 0 Å². The van der Waals surface area contributed by atoms with Gasteiger partial charge in [-0.1, -0.05) is 11.6 Å². The van der Waals surface area contributed by atoms with E-state index in [4.69, 9.17) is 16.7 Å². The number of phenols is 1. The molecule has 0 atom stereocenters. The molecule has 0 aliphatic heterocycles. The van der Waals surface area contributed by atoms with E-state index < -0.39 is 11.4 Å². The third-order valence-corrected chi connectivity index (χ3v) is 3.02. The van der Waals surface area contributed by atoms with E-state index in [0.717, 1.165) is 0 Å². The summed E-state index contributed by atoms with van der Waals surface area (Å²) >= 11 is 5.79. The lowest BCUT2D eigenvalue weighted by atomic mass is 10.1. The molecule has 5 nitrogen and oxygen atoms in total. The van der Waals surface area contributed by atoms with Gasteiger partial charge in [-0.05, 0) is 19.1 Å². The molecule has 6 heteroatoms. The Kier molecular flexibility index (Phi) is 3.00. The topological polar surface area (TPSA) is 79.5 Å². The first-order valence-electron chi connectivity index (χ1n) is 5.24. The van der Waals surface area contributed by atoms with Crippen LogP contribution >= 0.6 is 11.6 Å². The van der Waals surface area contributed by atoms with Crippen molar-refractivity contribution in [3.05, 3.63) is 39.1 Å². The molecule has 2 aromatic rings. The molecule has 0 aliphatic rings. The second-order valence-corrected chi connectivity index (χ2v) is 4.19. The summed E-state index contributed by atoms with van der Waals surface area (Å²) < 4.78 is 1.60. The molecule has 0 saturated heterocycles. The molecule has 2 N–H and O–H groups in total. The van der Waals surface area contributed by atoms with Crippen molar-refractivity contribution in [3.8, 4) is 5.75 Å². The molecule has 0 bridgehead atoms. The number of carboxylic acid groups (broad SMARTS) is 1. The number of benzene rings is 1. The number of pyridine rings is 1. The largest absolute Gasteiger partial charge is 0.506 e. The number of hydrogen-bond acceptors (Lipinski definition) is 3. The molecule has 0 fully saturated rings. The van der Waals surface area contributed by atoms with Crippen LogP contribution in [0.25, 0.3) is 10.9 Å². The third kappa shape index (κ3) is 1.82. The molecule has 2 rings (SSSR count). The van der Waals surface area contributed by atoms with E-state index in [1.165, 1.54) is 18.3 Å². The monoisotopic (exact) mass is 267 g/mol. The Hall–Kier alpha value is -2.01. The fraction of sp³-hybridized carbons (Fsp3) is 0.167. The quantitative estimate of drug-likeness (QED) is 0.873. The maximum Gasteiger partial charge on any atom is 0.341 e. The van der Waals surface area contributed by atoms with Crippen molar-refractivity contribution in [3.63, 3.8) is 0 Å².